The molecule has 0 bridgehead atoms. The molecule has 0 heterocycles. The normalized spacial score (nSPS) is 18.8. The number of ether oxygens (including phenoxy) is 1. The summed E-state index contributed by atoms with van der Waals surface area (Å²) in [5.74, 6) is -0.0370. The second-order valence-electron chi connectivity index (χ2n) is 3.97. The van der Waals surface area contributed by atoms with E-state index in [0.29, 0.717) is 0 Å². The van der Waals surface area contributed by atoms with Crippen molar-refractivity contribution in [1.29, 1.82) is 0 Å². The molecule has 0 saturated heterocycles. The largest absolute Gasteiger partial charge is 0.469 e. The van der Waals surface area contributed by atoms with Crippen LogP contribution < -0.4 is 0 Å². The molecule has 78 valence electrons. The van der Waals surface area contributed by atoms with Crippen molar-refractivity contribution in [1.82, 2.24) is 0 Å². The fourth-order valence-corrected chi connectivity index (χ4v) is 1.61. The molecule has 0 atom stereocenters. The molecular formula is C11H22O2. The fraction of sp³-hybridized carbons (Fsp3) is 0.909. The van der Waals surface area contributed by atoms with Crippen LogP contribution in [-0.2, 0) is 9.53 Å². The maximum Gasteiger partial charge on any atom is 0.311 e. The van der Waals surface area contributed by atoms with Crippen molar-refractivity contribution in [3.63, 3.8) is 0 Å². The van der Waals surface area contributed by atoms with E-state index in [-0.39, 0.29) is 11.4 Å². The number of esters is 1. The van der Waals surface area contributed by atoms with E-state index in [9.17, 15) is 4.79 Å². The predicted molar refractivity (Wildman–Crippen MR) is 54.6 cm³/mol. The monoisotopic (exact) mass is 186 g/mol. The minimum Gasteiger partial charge on any atom is -0.469 e. The number of rotatable bonds is 1. The first kappa shape index (κ1) is 12.5. The minimum atomic E-state index is -0.158. The van der Waals surface area contributed by atoms with E-state index >= 15 is 0 Å². The van der Waals surface area contributed by atoms with Gasteiger partial charge in [-0.2, -0.15) is 0 Å². The highest BCUT2D eigenvalue weighted by Crippen LogP contribution is 2.38. The van der Waals surface area contributed by atoms with E-state index in [1.165, 1.54) is 26.4 Å². The molecule has 1 aliphatic rings. The molecule has 0 aromatic carbocycles. The predicted octanol–water partition coefficient (Wildman–Crippen LogP) is 3.16. The lowest BCUT2D eigenvalue weighted by Crippen LogP contribution is -2.25. The third kappa shape index (κ3) is 3.79. The van der Waals surface area contributed by atoms with E-state index in [0.717, 1.165) is 12.8 Å². The topological polar surface area (TPSA) is 26.3 Å². The van der Waals surface area contributed by atoms with Gasteiger partial charge in [0.15, 0.2) is 0 Å². The van der Waals surface area contributed by atoms with E-state index in [4.69, 9.17) is 4.74 Å². The molecule has 0 aromatic heterocycles. The highest BCUT2D eigenvalue weighted by atomic mass is 16.5. The zero-order valence-corrected chi connectivity index (χ0v) is 9.35. The Balaban J connectivity index is 0.000000424. The Labute approximate surface area is 81.7 Å². The van der Waals surface area contributed by atoms with Crippen molar-refractivity contribution in [2.45, 2.75) is 52.9 Å². The van der Waals surface area contributed by atoms with Crippen molar-refractivity contribution in [3.8, 4) is 0 Å². The molecule has 0 aliphatic heterocycles. The lowest BCUT2D eigenvalue weighted by Gasteiger charge is -2.18. The Kier molecular flexibility index (Phi) is 5.76. The molecule has 0 unspecified atom stereocenters. The maximum atomic E-state index is 11.1. The van der Waals surface area contributed by atoms with E-state index in [2.05, 4.69) is 13.8 Å². The number of carbonyl (C=O) groups excluding carboxylic acids is 1. The third-order valence-electron chi connectivity index (χ3n) is 2.39. The average Bonchev–Trinajstić information content (AvgIpc) is 2.53. The second-order valence-corrected chi connectivity index (χ2v) is 3.97. The van der Waals surface area contributed by atoms with Gasteiger partial charge < -0.3 is 4.74 Å². The second kappa shape index (κ2) is 6.01. The zero-order chi connectivity index (χ0) is 10.3. The summed E-state index contributed by atoms with van der Waals surface area (Å²) < 4.78 is 4.70. The third-order valence-corrected chi connectivity index (χ3v) is 2.39. The van der Waals surface area contributed by atoms with Crippen molar-refractivity contribution in [2.24, 2.45) is 5.41 Å². The summed E-state index contributed by atoms with van der Waals surface area (Å²) in [4.78, 5) is 11.1. The summed E-state index contributed by atoms with van der Waals surface area (Å²) in [5, 5.41) is 0. The van der Waals surface area contributed by atoms with Gasteiger partial charge in [-0.05, 0) is 19.8 Å². The van der Waals surface area contributed by atoms with Gasteiger partial charge in [-0.3, -0.25) is 4.79 Å². The number of methoxy groups -OCH3 is 1. The molecular weight excluding hydrogens is 164 g/mol. The summed E-state index contributed by atoms with van der Waals surface area (Å²) in [6.07, 6.45) is 5.59. The molecule has 0 amide bonds. The summed E-state index contributed by atoms with van der Waals surface area (Å²) in [6, 6.07) is 0. The van der Waals surface area contributed by atoms with Crippen molar-refractivity contribution < 1.29 is 9.53 Å². The Hall–Kier alpha value is -0.530. The lowest BCUT2D eigenvalue weighted by molar-refractivity contribution is -0.151. The minimum absolute atomic E-state index is 0.0370. The number of hydrogen-bond acceptors (Lipinski definition) is 2. The van der Waals surface area contributed by atoms with Gasteiger partial charge in [-0.1, -0.05) is 33.1 Å². The molecule has 13 heavy (non-hydrogen) atoms. The van der Waals surface area contributed by atoms with Gasteiger partial charge in [0.1, 0.15) is 0 Å². The van der Waals surface area contributed by atoms with E-state index in [1.807, 2.05) is 6.92 Å². The molecule has 0 N–H and O–H groups in total. The first-order valence-electron chi connectivity index (χ1n) is 5.19. The van der Waals surface area contributed by atoms with Gasteiger partial charge in [0, 0.05) is 0 Å². The van der Waals surface area contributed by atoms with Crippen LogP contribution in [0, 0.1) is 5.41 Å². The van der Waals surface area contributed by atoms with Gasteiger partial charge in [-0.15, -0.1) is 0 Å². The van der Waals surface area contributed by atoms with Crippen molar-refractivity contribution in [2.75, 3.05) is 7.11 Å². The molecule has 0 aromatic rings. The van der Waals surface area contributed by atoms with Crippen LogP contribution in [0.3, 0.4) is 0 Å². The van der Waals surface area contributed by atoms with Crippen LogP contribution in [0.5, 0.6) is 0 Å². The Morgan fingerprint density at radius 2 is 1.69 bits per heavy atom. The quantitative estimate of drug-likeness (QED) is 0.588. The smallest absolute Gasteiger partial charge is 0.311 e. The van der Waals surface area contributed by atoms with E-state index < -0.39 is 0 Å². The SMILES string of the molecule is CCC.COC(=O)C1(C)CCCC1. The van der Waals surface area contributed by atoms with Crippen LogP contribution in [0.25, 0.3) is 0 Å². The first-order valence-corrected chi connectivity index (χ1v) is 5.19. The first-order chi connectivity index (χ1) is 6.10. The molecule has 1 fully saturated rings. The summed E-state index contributed by atoms with van der Waals surface area (Å²) in [5.41, 5.74) is -0.158. The molecule has 2 heteroatoms. The average molecular weight is 186 g/mol. The zero-order valence-electron chi connectivity index (χ0n) is 9.35. The standard InChI is InChI=1S/C8H14O2.C3H8/c1-8(7(9)10-2)5-3-4-6-8;1-3-2/h3-6H2,1-2H3;3H2,1-2H3. The van der Waals surface area contributed by atoms with Gasteiger partial charge in [-0.25, -0.2) is 0 Å². The van der Waals surface area contributed by atoms with Crippen LogP contribution in [-0.4, -0.2) is 13.1 Å². The van der Waals surface area contributed by atoms with E-state index in [1.54, 1.807) is 0 Å². The van der Waals surface area contributed by atoms with Crippen LogP contribution in [0.2, 0.25) is 0 Å². The summed E-state index contributed by atoms with van der Waals surface area (Å²) >= 11 is 0. The molecule has 1 aliphatic carbocycles. The summed E-state index contributed by atoms with van der Waals surface area (Å²) in [7, 11) is 1.46. The maximum absolute atomic E-state index is 11.1. The van der Waals surface area contributed by atoms with Crippen LogP contribution >= 0.6 is 0 Å². The van der Waals surface area contributed by atoms with Crippen LogP contribution in [0.15, 0.2) is 0 Å². The van der Waals surface area contributed by atoms with Gasteiger partial charge in [0.05, 0.1) is 12.5 Å². The lowest BCUT2D eigenvalue weighted by atomic mass is 9.89. The highest BCUT2D eigenvalue weighted by molar-refractivity contribution is 5.76. The van der Waals surface area contributed by atoms with Gasteiger partial charge in [0.2, 0.25) is 0 Å². The van der Waals surface area contributed by atoms with Crippen molar-refractivity contribution in [3.05, 3.63) is 0 Å². The molecule has 0 radical (unpaired) electrons. The van der Waals surface area contributed by atoms with Gasteiger partial charge in [0.25, 0.3) is 0 Å². The number of carbonyl (C=O) groups is 1. The number of hydrogen-bond donors (Lipinski definition) is 0. The Morgan fingerprint density at radius 1 is 1.31 bits per heavy atom. The Bertz CT molecular complexity index is 146. The molecule has 1 rings (SSSR count). The molecule has 2 nitrogen and oxygen atoms in total. The van der Waals surface area contributed by atoms with Crippen LogP contribution in [0.4, 0.5) is 0 Å². The highest BCUT2D eigenvalue weighted by Gasteiger charge is 2.36. The fourth-order valence-electron chi connectivity index (χ4n) is 1.61. The summed E-state index contributed by atoms with van der Waals surface area (Å²) in [6.45, 7) is 6.24. The van der Waals surface area contributed by atoms with Crippen molar-refractivity contribution >= 4 is 5.97 Å². The Morgan fingerprint density at radius 3 is 2.00 bits per heavy atom. The van der Waals surface area contributed by atoms with Crippen LogP contribution in [0.1, 0.15) is 52.9 Å². The molecule has 0 spiro atoms. The molecule has 1 saturated carbocycles. The van der Waals surface area contributed by atoms with Gasteiger partial charge >= 0.3 is 5.97 Å².